The number of hydrogen-bond donors (Lipinski definition) is 0. The summed E-state index contributed by atoms with van der Waals surface area (Å²) < 4.78 is 14.7. The summed E-state index contributed by atoms with van der Waals surface area (Å²) in [6.45, 7) is 3.72. The topological polar surface area (TPSA) is 78.9 Å². The molecule has 0 radical (unpaired) electrons. The van der Waals surface area contributed by atoms with E-state index in [2.05, 4.69) is 0 Å². The van der Waals surface area contributed by atoms with Gasteiger partial charge in [-0.25, -0.2) is 0 Å². The molecule has 0 saturated carbocycles. The zero-order valence-corrected chi connectivity index (χ0v) is 8.68. The van der Waals surface area contributed by atoms with E-state index < -0.39 is 36.2 Å². The minimum Gasteiger partial charge on any atom is -0.309 e. The molecule has 1 heterocycles. The van der Waals surface area contributed by atoms with Gasteiger partial charge in [-0.1, -0.05) is 0 Å². The molecule has 1 aliphatic rings. The van der Waals surface area contributed by atoms with E-state index >= 15 is 0 Å². The van der Waals surface area contributed by atoms with Gasteiger partial charge in [0.25, 0.3) is 0 Å². The quantitative estimate of drug-likeness (QED) is 0.649. The first kappa shape index (κ1) is 12.0. The minimum absolute atomic E-state index is 0.421. The first-order valence-electron chi connectivity index (χ1n) is 4.39. The molecule has 0 aliphatic carbocycles. The molecule has 1 rings (SSSR count). The molecule has 84 valence electrons. The van der Waals surface area contributed by atoms with Gasteiger partial charge in [0.05, 0.1) is 0 Å². The molecule has 1 saturated heterocycles. The molecular formula is C9H12O6. The Morgan fingerprint density at radius 3 is 1.00 bits per heavy atom. The highest BCUT2D eigenvalue weighted by molar-refractivity contribution is 5.84. The van der Waals surface area contributed by atoms with Gasteiger partial charge in [0.2, 0.25) is 18.9 Å². The molecule has 0 atom stereocenters. The van der Waals surface area contributed by atoms with Crippen LogP contribution in [0.25, 0.3) is 0 Å². The number of ether oxygens (including phenoxy) is 3. The highest BCUT2D eigenvalue weighted by atomic mass is 16.9. The summed E-state index contributed by atoms with van der Waals surface area (Å²) in [6, 6.07) is 0. The Bertz CT molecular complexity index is 243. The Morgan fingerprint density at radius 2 is 0.867 bits per heavy atom. The van der Waals surface area contributed by atoms with E-state index in [0.717, 1.165) is 0 Å². The second-order valence-corrected chi connectivity index (χ2v) is 3.24. The normalized spacial score (nSPS) is 31.0. The maximum absolute atomic E-state index is 11.0. The summed E-state index contributed by atoms with van der Waals surface area (Å²) in [5.74, 6) is -1.26. The lowest BCUT2D eigenvalue weighted by atomic mass is 10.3. The van der Waals surface area contributed by atoms with Crippen molar-refractivity contribution in [2.24, 2.45) is 0 Å². The van der Waals surface area contributed by atoms with Crippen molar-refractivity contribution in [3.8, 4) is 0 Å². The van der Waals surface area contributed by atoms with E-state index in [1.165, 1.54) is 20.8 Å². The van der Waals surface area contributed by atoms with Crippen LogP contribution in [0.1, 0.15) is 20.8 Å². The molecule has 0 aromatic carbocycles. The van der Waals surface area contributed by atoms with E-state index in [0.29, 0.717) is 0 Å². The van der Waals surface area contributed by atoms with Crippen LogP contribution in [-0.4, -0.2) is 36.2 Å². The number of carbonyl (C=O) groups is 3. The van der Waals surface area contributed by atoms with Crippen molar-refractivity contribution in [2.75, 3.05) is 0 Å². The summed E-state index contributed by atoms with van der Waals surface area (Å²) in [5, 5.41) is 0. The highest BCUT2D eigenvalue weighted by Crippen LogP contribution is 2.17. The predicted octanol–water partition coefficient (Wildman–Crippen LogP) is -0.205. The second kappa shape index (κ2) is 4.61. The highest BCUT2D eigenvalue weighted by Gasteiger charge is 2.37. The smallest absolute Gasteiger partial charge is 0.223 e. The predicted molar refractivity (Wildman–Crippen MR) is 46.7 cm³/mol. The van der Waals surface area contributed by atoms with Crippen LogP contribution in [0.4, 0.5) is 0 Å². The van der Waals surface area contributed by atoms with Crippen LogP contribution in [0.15, 0.2) is 0 Å². The van der Waals surface area contributed by atoms with Gasteiger partial charge in [0.1, 0.15) is 0 Å². The Hall–Kier alpha value is -1.11. The molecule has 6 nitrogen and oxygen atoms in total. The zero-order chi connectivity index (χ0) is 11.6. The standard InChI is InChI=1S/C9H12O6/c1-4(10)7-13-8(5(2)11)15-9(14-7)6(3)12/h7-9H,1-3H3. The van der Waals surface area contributed by atoms with Gasteiger partial charge in [-0.15, -0.1) is 0 Å². The maximum atomic E-state index is 11.0. The van der Waals surface area contributed by atoms with Gasteiger partial charge in [-0.3, -0.25) is 14.4 Å². The molecular weight excluding hydrogens is 204 g/mol. The minimum atomic E-state index is -1.22. The molecule has 0 aromatic rings. The lowest BCUT2D eigenvalue weighted by Gasteiger charge is -2.32. The van der Waals surface area contributed by atoms with Gasteiger partial charge in [-0.05, 0) is 20.8 Å². The number of rotatable bonds is 3. The lowest BCUT2D eigenvalue weighted by molar-refractivity contribution is -0.345. The number of carbonyl (C=O) groups excluding carboxylic acids is 3. The van der Waals surface area contributed by atoms with Crippen LogP contribution < -0.4 is 0 Å². The monoisotopic (exact) mass is 216 g/mol. The van der Waals surface area contributed by atoms with Crippen LogP contribution >= 0.6 is 0 Å². The lowest BCUT2D eigenvalue weighted by Crippen LogP contribution is -2.48. The fraction of sp³-hybridized carbons (Fsp3) is 0.667. The van der Waals surface area contributed by atoms with Crippen molar-refractivity contribution in [1.29, 1.82) is 0 Å². The van der Waals surface area contributed by atoms with E-state index in [1.807, 2.05) is 0 Å². The molecule has 0 spiro atoms. The van der Waals surface area contributed by atoms with E-state index in [9.17, 15) is 14.4 Å². The summed E-state index contributed by atoms with van der Waals surface area (Å²) in [5.41, 5.74) is 0. The van der Waals surface area contributed by atoms with E-state index in [-0.39, 0.29) is 0 Å². The van der Waals surface area contributed by atoms with Crippen molar-refractivity contribution in [3.63, 3.8) is 0 Å². The fourth-order valence-electron chi connectivity index (χ4n) is 1.01. The van der Waals surface area contributed by atoms with Gasteiger partial charge in [-0.2, -0.15) is 0 Å². The Labute approximate surface area is 86.5 Å². The SMILES string of the molecule is CC(=O)C1OC(C(C)=O)OC(C(C)=O)O1. The Morgan fingerprint density at radius 1 is 0.667 bits per heavy atom. The van der Waals surface area contributed by atoms with Crippen LogP contribution in [-0.2, 0) is 28.6 Å². The molecule has 0 aromatic heterocycles. The molecule has 0 N–H and O–H groups in total. The van der Waals surface area contributed by atoms with Crippen LogP contribution in [0, 0.1) is 0 Å². The van der Waals surface area contributed by atoms with Crippen molar-refractivity contribution in [3.05, 3.63) is 0 Å². The molecule has 0 unspecified atom stereocenters. The van der Waals surface area contributed by atoms with E-state index in [1.54, 1.807) is 0 Å². The second-order valence-electron chi connectivity index (χ2n) is 3.24. The third-order valence-corrected chi connectivity index (χ3v) is 1.74. The van der Waals surface area contributed by atoms with Crippen LogP contribution in [0.3, 0.4) is 0 Å². The largest absolute Gasteiger partial charge is 0.309 e. The molecule has 1 fully saturated rings. The third kappa shape index (κ3) is 2.92. The molecule has 6 heteroatoms. The average Bonchev–Trinajstić information content (AvgIpc) is 2.16. The Balaban J connectivity index is 2.77. The average molecular weight is 216 g/mol. The molecule has 0 bridgehead atoms. The number of Topliss-reactive ketones (excluding diaryl/α,β-unsaturated/α-hetero) is 3. The summed E-state index contributed by atoms with van der Waals surface area (Å²) >= 11 is 0. The number of hydrogen-bond acceptors (Lipinski definition) is 6. The van der Waals surface area contributed by atoms with Crippen LogP contribution in [0.2, 0.25) is 0 Å². The van der Waals surface area contributed by atoms with Crippen molar-refractivity contribution >= 4 is 17.3 Å². The Kier molecular flexibility index (Phi) is 3.67. The van der Waals surface area contributed by atoms with Crippen molar-refractivity contribution in [2.45, 2.75) is 39.6 Å². The van der Waals surface area contributed by atoms with Crippen molar-refractivity contribution < 1.29 is 28.6 Å². The number of ketones is 3. The first-order chi connectivity index (χ1) is 6.91. The van der Waals surface area contributed by atoms with Gasteiger partial charge >= 0.3 is 0 Å². The summed E-state index contributed by atoms with van der Waals surface area (Å²) in [6.07, 6.45) is -3.66. The summed E-state index contributed by atoms with van der Waals surface area (Å²) in [7, 11) is 0. The molecule has 15 heavy (non-hydrogen) atoms. The molecule has 1 aliphatic heterocycles. The summed E-state index contributed by atoms with van der Waals surface area (Å²) in [4.78, 5) is 33.0. The zero-order valence-electron chi connectivity index (χ0n) is 8.68. The van der Waals surface area contributed by atoms with Gasteiger partial charge < -0.3 is 14.2 Å². The fourth-order valence-corrected chi connectivity index (χ4v) is 1.01. The maximum Gasteiger partial charge on any atom is 0.223 e. The first-order valence-corrected chi connectivity index (χ1v) is 4.39. The third-order valence-electron chi connectivity index (χ3n) is 1.74. The van der Waals surface area contributed by atoms with Crippen LogP contribution in [0.5, 0.6) is 0 Å². The van der Waals surface area contributed by atoms with Crippen molar-refractivity contribution in [1.82, 2.24) is 0 Å². The van der Waals surface area contributed by atoms with Gasteiger partial charge in [0, 0.05) is 0 Å². The van der Waals surface area contributed by atoms with Gasteiger partial charge in [0.15, 0.2) is 17.3 Å². The molecule has 0 amide bonds. The van der Waals surface area contributed by atoms with E-state index in [4.69, 9.17) is 14.2 Å².